The number of nitrogens with one attached hydrogen (secondary N) is 2. The van der Waals surface area contributed by atoms with Crippen LogP contribution in [0.3, 0.4) is 0 Å². The number of hydrogen-bond acceptors (Lipinski definition) is 4. The van der Waals surface area contributed by atoms with Gasteiger partial charge in [-0.05, 0) is 43.0 Å². The van der Waals surface area contributed by atoms with Crippen molar-refractivity contribution in [3.63, 3.8) is 0 Å². The molecule has 1 saturated heterocycles. The number of nitrogens with zero attached hydrogens (tertiary/aromatic N) is 1. The number of carbonyl (C=O) groups is 2. The Kier molecular flexibility index (Phi) is 7.17. The van der Waals surface area contributed by atoms with E-state index in [0.29, 0.717) is 30.3 Å². The molecule has 1 atom stereocenters. The van der Waals surface area contributed by atoms with Crippen LogP contribution in [0.4, 0.5) is 16.2 Å². The lowest BCUT2D eigenvalue weighted by molar-refractivity contribution is -0.121. The van der Waals surface area contributed by atoms with Crippen molar-refractivity contribution in [3.05, 3.63) is 48.5 Å². The van der Waals surface area contributed by atoms with E-state index in [1.807, 2.05) is 37.3 Å². The minimum absolute atomic E-state index is 0.0503. The number of methoxy groups -OCH3 is 2. The zero-order valence-corrected chi connectivity index (χ0v) is 17.7. The van der Waals surface area contributed by atoms with Crippen molar-refractivity contribution in [2.24, 2.45) is 11.8 Å². The van der Waals surface area contributed by atoms with Crippen LogP contribution in [0.5, 0.6) is 11.5 Å². The van der Waals surface area contributed by atoms with E-state index in [1.54, 1.807) is 37.3 Å². The maximum atomic E-state index is 12.8. The fourth-order valence-electron chi connectivity index (χ4n) is 3.69. The predicted octanol–water partition coefficient (Wildman–Crippen LogP) is 4.22. The molecule has 3 amide bonds. The summed E-state index contributed by atoms with van der Waals surface area (Å²) < 4.78 is 10.6. The first kappa shape index (κ1) is 21.5. The van der Waals surface area contributed by atoms with Crippen molar-refractivity contribution >= 4 is 23.3 Å². The van der Waals surface area contributed by atoms with Gasteiger partial charge in [-0.1, -0.05) is 25.1 Å². The van der Waals surface area contributed by atoms with E-state index in [9.17, 15) is 9.59 Å². The molecule has 3 rings (SSSR count). The van der Waals surface area contributed by atoms with Crippen molar-refractivity contribution in [3.8, 4) is 11.5 Å². The number of ether oxygens (including phenoxy) is 2. The summed E-state index contributed by atoms with van der Waals surface area (Å²) in [4.78, 5) is 27.1. The Labute approximate surface area is 177 Å². The third-order valence-corrected chi connectivity index (χ3v) is 5.64. The fourth-order valence-corrected chi connectivity index (χ4v) is 3.69. The number of likely N-dealkylation sites (tertiary alicyclic amines) is 1. The normalized spacial score (nSPS) is 15.2. The summed E-state index contributed by atoms with van der Waals surface area (Å²) in [7, 11) is 3.14. The first-order chi connectivity index (χ1) is 14.5. The summed E-state index contributed by atoms with van der Waals surface area (Å²) in [5.74, 6) is 1.22. The van der Waals surface area contributed by atoms with Gasteiger partial charge in [0.2, 0.25) is 5.91 Å². The van der Waals surface area contributed by atoms with E-state index >= 15 is 0 Å². The van der Waals surface area contributed by atoms with E-state index in [-0.39, 0.29) is 23.8 Å². The molecule has 0 aliphatic carbocycles. The molecule has 1 aliphatic heterocycles. The Morgan fingerprint density at radius 1 is 1.00 bits per heavy atom. The maximum absolute atomic E-state index is 12.8. The highest BCUT2D eigenvalue weighted by atomic mass is 16.5. The summed E-state index contributed by atoms with van der Waals surface area (Å²) >= 11 is 0. The SMILES string of the molecule is COc1ccc(NC(=O)C(C)C2CCN(C(=O)Nc3ccccc3)CC2)c(OC)c1. The Morgan fingerprint density at radius 3 is 2.33 bits per heavy atom. The molecule has 0 saturated carbocycles. The number of urea groups is 1. The summed E-state index contributed by atoms with van der Waals surface area (Å²) in [5, 5.41) is 5.88. The summed E-state index contributed by atoms with van der Waals surface area (Å²) in [5.41, 5.74) is 1.40. The lowest BCUT2D eigenvalue weighted by atomic mass is 9.85. The average molecular weight is 412 g/mol. The van der Waals surface area contributed by atoms with Crippen molar-refractivity contribution in [1.82, 2.24) is 4.90 Å². The number of carbonyl (C=O) groups excluding carboxylic acids is 2. The highest BCUT2D eigenvalue weighted by Gasteiger charge is 2.30. The number of rotatable bonds is 6. The van der Waals surface area contributed by atoms with Gasteiger partial charge in [-0.15, -0.1) is 0 Å². The predicted molar refractivity (Wildman–Crippen MR) is 117 cm³/mol. The first-order valence-electron chi connectivity index (χ1n) is 10.2. The van der Waals surface area contributed by atoms with Crippen LogP contribution in [0.1, 0.15) is 19.8 Å². The molecule has 0 aromatic heterocycles. The van der Waals surface area contributed by atoms with Crippen LogP contribution in [-0.4, -0.2) is 44.1 Å². The summed E-state index contributed by atoms with van der Waals surface area (Å²) in [6.45, 7) is 3.20. The van der Waals surface area contributed by atoms with Crippen molar-refractivity contribution < 1.29 is 19.1 Å². The van der Waals surface area contributed by atoms with Crippen molar-refractivity contribution in [2.75, 3.05) is 37.9 Å². The van der Waals surface area contributed by atoms with Gasteiger partial charge >= 0.3 is 6.03 Å². The Balaban J connectivity index is 1.53. The molecule has 160 valence electrons. The van der Waals surface area contributed by atoms with Crippen molar-refractivity contribution in [1.29, 1.82) is 0 Å². The molecule has 0 bridgehead atoms. The molecule has 2 N–H and O–H groups in total. The van der Waals surface area contributed by atoms with Crippen LogP contribution in [0.2, 0.25) is 0 Å². The molecule has 2 aromatic carbocycles. The number of anilines is 2. The van der Waals surface area contributed by atoms with Crippen LogP contribution < -0.4 is 20.1 Å². The van der Waals surface area contributed by atoms with Gasteiger partial charge in [0, 0.05) is 30.8 Å². The van der Waals surface area contributed by atoms with E-state index in [4.69, 9.17) is 9.47 Å². The Morgan fingerprint density at radius 2 is 1.70 bits per heavy atom. The first-order valence-corrected chi connectivity index (χ1v) is 10.2. The molecule has 1 unspecified atom stereocenters. The van der Waals surface area contributed by atoms with Crippen molar-refractivity contribution in [2.45, 2.75) is 19.8 Å². The molecule has 2 aromatic rings. The molecular weight excluding hydrogens is 382 g/mol. The van der Waals surface area contributed by atoms with Gasteiger partial charge in [0.1, 0.15) is 11.5 Å². The summed E-state index contributed by atoms with van der Waals surface area (Å²) in [6, 6.07) is 14.6. The van der Waals surface area contributed by atoms with Gasteiger partial charge in [-0.2, -0.15) is 0 Å². The molecular formula is C23H29N3O4. The van der Waals surface area contributed by atoms with Crippen LogP contribution in [0.15, 0.2) is 48.5 Å². The van der Waals surface area contributed by atoms with Gasteiger partial charge in [0.05, 0.1) is 19.9 Å². The molecule has 1 heterocycles. The second-order valence-electron chi connectivity index (χ2n) is 7.46. The van der Waals surface area contributed by atoms with E-state index in [2.05, 4.69) is 10.6 Å². The third kappa shape index (κ3) is 5.23. The zero-order valence-electron chi connectivity index (χ0n) is 17.7. The second-order valence-corrected chi connectivity index (χ2v) is 7.46. The van der Waals surface area contributed by atoms with Gasteiger partial charge < -0.3 is 25.0 Å². The van der Waals surface area contributed by atoms with Gasteiger partial charge in [0.25, 0.3) is 0 Å². The van der Waals surface area contributed by atoms with Gasteiger partial charge in [0.15, 0.2) is 0 Å². The minimum Gasteiger partial charge on any atom is -0.497 e. The van der Waals surface area contributed by atoms with Crippen LogP contribution in [-0.2, 0) is 4.79 Å². The summed E-state index contributed by atoms with van der Waals surface area (Å²) in [6.07, 6.45) is 1.58. The lowest BCUT2D eigenvalue weighted by Crippen LogP contribution is -2.43. The van der Waals surface area contributed by atoms with E-state index in [1.165, 1.54) is 0 Å². The molecule has 7 heteroatoms. The molecule has 0 radical (unpaired) electrons. The molecule has 0 spiro atoms. The largest absolute Gasteiger partial charge is 0.497 e. The highest BCUT2D eigenvalue weighted by molar-refractivity contribution is 5.94. The number of para-hydroxylation sites is 1. The van der Waals surface area contributed by atoms with E-state index in [0.717, 1.165) is 18.5 Å². The number of amides is 3. The topological polar surface area (TPSA) is 79.9 Å². The third-order valence-electron chi connectivity index (χ3n) is 5.64. The quantitative estimate of drug-likeness (QED) is 0.746. The number of hydrogen-bond donors (Lipinski definition) is 2. The lowest BCUT2D eigenvalue weighted by Gasteiger charge is -2.34. The standard InChI is InChI=1S/C23H29N3O4/c1-16(22(27)25-20-10-9-19(29-2)15-21(20)30-3)17-11-13-26(14-12-17)23(28)24-18-7-5-4-6-8-18/h4-10,15-17H,11-14H2,1-3H3,(H,24,28)(H,25,27). The maximum Gasteiger partial charge on any atom is 0.321 e. The minimum atomic E-state index is -0.170. The van der Waals surface area contributed by atoms with Crippen LogP contribution >= 0.6 is 0 Å². The highest BCUT2D eigenvalue weighted by Crippen LogP contribution is 2.31. The van der Waals surface area contributed by atoms with Gasteiger partial charge in [-0.25, -0.2) is 4.79 Å². The molecule has 30 heavy (non-hydrogen) atoms. The molecule has 7 nitrogen and oxygen atoms in total. The fraction of sp³-hybridized carbons (Fsp3) is 0.391. The second kappa shape index (κ2) is 10.0. The van der Waals surface area contributed by atoms with Gasteiger partial charge in [-0.3, -0.25) is 4.79 Å². The van der Waals surface area contributed by atoms with Crippen LogP contribution in [0, 0.1) is 11.8 Å². The molecule has 1 aliphatic rings. The average Bonchev–Trinajstić information content (AvgIpc) is 2.79. The zero-order chi connectivity index (χ0) is 21.5. The Bertz CT molecular complexity index is 864. The Hall–Kier alpha value is -3.22. The smallest absolute Gasteiger partial charge is 0.321 e. The van der Waals surface area contributed by atoms with Crippen LogP contribution in [0.25, 0.3) is 0 Å². The number of piperidine rings is 1. The van der Waals surface area contributed by atoms with E-state index < -0.39 is 0 Å². The number of benzene rings is 2. The monoisotopic (exact) mass is 411 g/mol. The molecule has 1 fully saturated rings.